The number of ether oxygens (including phenoxy) is 1. The van der Waals surface area contributed by atoms with Crippen LogP contribution in [0.5, 0.6) is 5.75 Å². The van der Waals surface area contributed by atoms with Gasteiger partial charge in [-0.3, -0.25) is 9.59 Å². The second kappa shape index (κ2) is 8.92. The molecular formula is C25H28FN5O4. The van der Waals surface area contributed by atoms with E-state index in [1.807, 2.05) is 0 Å². The van der Waals surface area contributed by atoms with Crippen LogP contribution in [0.1, 0.15) is 65.8 Å². The number of nitrogens with zero attached hydrogens (tertiary/aromatic N) is 4. The molecule has 2 aromatic heterocycles. The zero-order chi connectivity index (χ0) is 24.7. The number of carbonyl (C=O) groups is 2. The first-order valence-corrected chi connectivity index (χ1v) is 11.8. The molecule has 0 bridgehead atoms. The second-order valence-electron chi connectivity index (χ2n) is 9.74. The van der Waals surface area contributed by atoms with Gasteiger partial charge in [-0.2, -0.15) is 5.10 Å². The molecule has 1 aliphatic heterocycles. The van der Waals surface area contributed by atoms with Gasteiger partial charge in [0.15, 0.2) is 5.65 Å². The molecule has 0 saturated heterocycles. The Kier molecular flexibility index (Phi) is 5.92. The summed E-state index contributed by atoms with van der Waals surface area (Å²) in [6.45, 7) is 2.70. The topological polar surface area (TPSA) is 109 Å². The van der Waals surface area contributed by atoms with Crippen LogP contribution in [0.25, 0.3) is 5.65 Å². The number of hydrogen-bond donors (Lipinski definition) is 2. The smallest absolute Gasteiger partial charge is 0.261 e. The zero-order valence-corrected chi connectivity index (χ0v) is 19.7. The zero-order valence-electron chi connectivity index (χ0n) is 19.7. The van der Waals surface area contributed by atoms with Crippen molar-refractivity contribution in [2.24, 2.45) is 0 Å². The van der Waals surface area contributed by atoms with Crippen LogP contribution in [0.2, 0.25) is 0 Å². The lowest BCUT2D eigenvalue weighted by molar-refractivity contribution is -0.0159. The van der Waals surface area contributed by atoms with E-state index in [2.05, 4.69) is 15.4 Å². The number of halogens is 1. The van der Waals surface area contributed by atoms with E-state index in [1.54, 1.807) is 30.6 Å². The summed E-state index contributed by atoms with van der Waals surface area (Å²) >= 11 is 0. The fraction of sp³-hybridized carbons (Fsp3) is 0.440. The highest BCUT2D eigenvalue weighted by molar-refractivity contribution is 6.09. The van der Waals surface area contributed by atoms with Gasteiger partial charge in [-0.05, 0) is 63.3 Å². The highest BCUT2D eigenvalue weighted by Crippen LogP contribution is 2.37. The lowest BCUT2D eigenvalue weighted by atomic mass is 10.0. The predicted octanol–water partition coefficient (Wildman–Crippen LogP) is 3.37. The number of carbonyl (C=O) groups excluding carboxylic acids is 2. The van der Waals surface area contributed by atoms with Gasteiger partial charge < -0.3 is 20.1 Å². The summed E-state index contributed by atoms with van der Waals surface area (Å²) in [5, 5.41) is 17.0. The van der Waals surface area contributed by atoms with Gasteiger partial charge in [0.1, 0.15) is 17.5 Å². The van der Waals surface area contributed by atoms with Gasteiger partial charge in [-0.15, -0.1) is 0 Å². The summed E-state index contributed by atoms with van der Waals surface area (Å²) in [5.41, 5.74) is 0.673. The highest BCUT2D eigenvalue weighted by Gasteiger charge is 2.35. The number of rotatable bonds is 7. The Bertz CT molecular complexity index is 1280. The van der Waals surface area contributed by atoms with E-state index in [-0.39, 0.29) is 25.1 Å². The Hall–Kier alpha value is -3.53. The Balaban J connectivity index is 1.45. The molecule has 1 unspecified atom stereocenters. The second-order valence-corrected chi connectivity index (χ2v) is 9.74. The van der Waals surface area contributed by atoms with E-state index < -0.39 is 17.7 Å². The lowest BCUT2D eigenvalue weighted by Gasteiger charge is -2.26. The van der Waals surface area contributed by atoms with E-state index in [0.717, 1.165) is 25.7 Å². The van der Waals surface area contributed by atoms with Crippen molar-refractivity contribution in [2.75, 3.05) is 11.9 Å². The van der Waals surface area contributed by atoms with Crippen molar-refractivity contribution >= 4 is 23.1 Å². The first-order valence-electron chi connectivity index (χ1n) is 11.8. The van der Waals surface area contributed by atoms with Gasteiger partial charge in [0.2, 0.25) is 0 Å². The number of nitrogens with one attached hydrogen (secondary N) is 1. The maximum Gasteiger partial charge on any atom is 0.261 e. The summed E-state index contributed by atoms with van der Waals surface area (Å²) < 4.78 is 22.2. The Morgan fingerprint density at radius 2 is 2.11 bits per heavy atom. The van der Waals surface area contributed by atoms with Crippen molar-refractivity contribution in [3.8, 4) is 5.75 Å². The Labute approximate surface area is 201 Å². The third-order valence-corrected chi connectivity index (χ3v) is 6.60. The Morgan fingerprint density at radius 1 is 1.34 bits per heavy atom. The summed E-state index contributed by atoms with van der Waals surface area (Å²) in [6, 6.07) is 5.07. The van der Waals surface area contributed by atoms with Crippen LogP contribution in [0, 0.1) is 0 Å². The first-order chi connectivity index (χ1) is 16.7. The van der Waals surface area contributed by atoms with E-state index in [9.17, 15) is 19.1 Å². The van der Waals surface area contributed by atoms with Gasteiger partial charge in [0.05, 0.1) is 30.1 Å². The summed E-state index contributed by atoms with van der Waals surface area (Å²) in [5.74, 6) is -0.322. The SMILES string of the molecule is CC(C)(O)C(F)CN1Cc2cc(NC(=O)c3cnn4cccnc34)c(OC3CCCC3)cc2C1=O. The summed E-state index contributed by atoms with van der Waals surface area (Å²) in [6.07, 6.45) is 7.07. The minimum atomic E-state index is -1.60. The highest BCUT2D eigenvalue weighted by atomic mass is 19.1. The third-order valence-electron chi connectivity index (χ3n) is 6.60. The van der Waals surface area contributed by atoms with Gasteiger partial charge in [0.25, 0.3) is 11.8 Å². The summed E-state index contributed by atoms with van der Waals surface area (Å²) in [4.78, 5) is 31.8. The number of amides is 2. The molecule has 1 aromatic carbocycles. The Morgan fingerprint density at radius 3 is 2.86 bits per heavy atom. The average Bonchev–Trinajstić information content (AvgIpc) is 3.54. The van der Waals surface area contributed by atoms with Crippen molar-refractivity contribution in [1.82, 2.24) is 19.5 Å². The molecule has 0 radical (unpaired) electrons. The van der Waals surface area contributed by atoms with Gasteiger partial charge in [-0.1, -0.05) is 0 Å². The van der Waals surface area contributed by atoms with E-state index in [4.69, 9.17) is 4.74 Å². The molecule has 2 aliphatic rings. The third kappa shape index (κ3) is 4.58. The van der Waals surface area contributed by atoms with Gasteiger partial charge in [0, 0.05) is 24.5 Å². The van der Waals surface area contributed by atoms with Gasteiger partial charge in [-0.25, -0.2) is 13.9 Å². The van der Waals surface area contributed by atoms with Crippen LogP contribution in [-0.2, 0) is 6.54 Å². The number of hydrogen-bond acceptors (Lipinski definition) is 6. The largest absolute Gasteiger partial charge is 0.488 e. The molecule has 5 rings (SSSR count). The standard InChI is InChI=1S/C25H28FN5O4/c1-25(2,34)21(26)14-30-13-15-10-19(20(11-17(15)24(30)33)35-16-6-3-4-7-16)29-23(32)18-12-28-31-9-5-8-27-22(18)31/h5,8-12,16,21,34H,3-4,6-7,13-14H2,1-2H3,(H,29,32). The molecule has 3 aromatic rings. The normalized spacial score (nSPS) is 17.1. The van der Waals surface area contributed by atoms with Gasteiger partial charge >= 0.3 is 0 Å². The van der Waals surface area contributed by atoms with Crippen molar-refractivity contribution in [2.45, 2.75) is 64.0 Å². The molecular weight excluding hydrogens is 453 g/mol. The molecule has 184 valence electrons. The molecule has 1 aliphatic carbocycles. The molecule has 2 N–H and O–H groups in total. The van der Waals surface area contributed by atoms with Crippen LogP contribution in [0.4, 0.5) is 10.1 Å². The molecule has 10 heteroatoms. The predicted molar refractivity (Wildman–Crippen MR) is 126 cm³/mol. The molecule has 35 heavy (non-hydrogen) atoms. The van der Waals surface area contributed by atoms with Crippen molar-refractivity contribution in [3.05, 3.63) is 53.5 Å². The maximum atomic E-state index is 14.5. The van der Waals surface area contributed by atoms with Crippen LogP contribution in [-0.4, -0.2) is 60.8 Å². The fourth-order valence-corrected chi connectivity index (χ4v) is 4.52. The van der Waals surface area contributed by atoms with Crippen LogP contribution >= 0.6 is 0 Å². The summed E-state index contributed by atoms with van der Waals surface area (Å²) in [7, 11) is 0. The number of benzene rings is 1. The molecule has 9 nitrogen and oxygen atoms in total. The number of aromatic nitrogens is 3. The number of anilines is 1. The first kappa shape index (κ1) is 23.2. The van der Waals surface area contributed by atoms with Crippen LogP contribution in [0.3, 0.4) is 0 Å². The average molecular weight is 482 g/mol. The van der Waals surface area contributed by atoms with Crippen molar-refractivity contribution in [1.29, 1.82) is 0 Å². The molecule has 1 atom stereocenters. The molecule has 0 spiro atoms. The molecule has 1 saturated carbocycles. The maximum absolute atomic E-state index is 14.5. The van der Waals surface area contributed by atoms with E-state index in [1.165, 1.54) is 29.5 Å². The number of fused-ring (bicyclic) bond motifs is 2. The van der Waals surface area contributed by atoms with Crippen molar-refractivity contribution < 1.29 is 23.8 Å². The van der Waals surface area contributed by atoms with E-state index in [0.29, 0.717) is 33.8 Å². The quantitative estimate of drug-likeness (QED) is 0.536. The van der Waals surface area contributed by atoms with Crippen molar-refractivity contribution in [3.63, 3.8) is 0 Å². The number of alkyl halides is 1. The molecule has 3 heterocycles. The fourth-order valence-electron chi connectivity index (χ4n) is 4.52. The van der Waals surface area contributed by atoms with Crippen LogP contribution in [0.15, 0.2) is 36.8 Å². The van der Waals surface area contributed by atoms with E-state index >= 15 is 0 Å². The minimum absolute atomic E-state index is 0.000338. The minimum Gasteiger partial charge on any atom is -0.488 e. The monoisotopic (exact) mass is 481 g/mol. The molecule has 1 fully saturated rings. The molecule has 2 amide bonds. The van der Waals surface area contributed by atoms with Crippen LogP contribution < -0.4 is 10.1 Å². The lowest BCUT2D eigenvalue weighted by Crippen LogP contribution is -2.42. The number of aliphatic hydroxyl groups is 1.